The Kier molecular flexibility index (Phi) is 1.75. The van der Waals surface area contributed by atoms with Gasteiger partial charge >= 0.3 is 0 Å². The average Bonchev–Trinajstić information content (AvgIpc) is 2.71. The number of nitrogens with zero attached hydrogens (tertiary/aromatic N) is 2. The maximum absolute atomic E-state index is 8.60. The van der Waals surface area contributed by atoms with E-state index in [2.05, 4.69) is 4.98 Å². The van der Waals surface area contributed by atoms with Gasteiger partial charge in [-0.2, -0.15) is 10.2 Å². The first-order valence-electron chi connectivity index (χ1n) is 3.94. The van der Waals surface area contributed by atoms with Crippen molar-refractivity contribution in [2.75, 3.05) is 5.73 Å². The normalized spacial score (nSPS) is 10.0. The molecular weight excluding hydrogens is 182 g/mol. The number of aromatic nitrogens is 1. The van der Waals surface area contributed by atoms with Crippen LogP contribution in [0.1, 0.15) is 11.5 Å². The monoisotopic (exact) mass is 189 g/mol. The number of oxazole rings is 1. The molecule has 5 nitrogen and oxygen atoms in total. The molecule has 0 saturated heterocycles. The third-order valence-corrected chi connectivity index (χ3v) is 1.71. The Morgan fingerprint density at radius 3 is 2.71 bits per heavy atom. The molecule has 14 heavy (non-hydrogen) atoms. The van der Waals surface area contributed by atoms with Crippen LogP contribution in [0.2, 0.25) is 0 Å². The molecule has 0 saturated carbocycles. The van der Waals surface area contributed by atoms with E-state index in [9.17, 15) is 0 Å². The highest BCUT2D eigenvalue weighted by Crippen LogP contribution is 2.24. The van der Waals surface area contributed by atoms with Crippen molar-refractivity contribution in [3.05, 3.63) is 23.6 Å². The Bertz CT molecular complexity index is 504. The van der Waals surface area contributed by atoms with Gasteiger partial charge in [-0.05, 0) is 19.1 Å². The SMILES string of the molecule is Cc1ccc(-c2nc(C#N)c(N)o2)o1. The summed E-state index contributed by atoms with van der Waals surface area (Å²) in [6.45, 7) is 1.81. The van der Waals surface area contributed by atoms with Crippen LogP contribution in [-0.2, 0) is 0 Å². The van der Waals surface area contributed by atoms with Crippen molar-refractivity contribution in [2.45, 2.75) is 6.92 Å². The lowest BCUT2D eigenvalue weighted by atomic mass is 10.4. The topological polar surface area (TPSA) is 89.0 Å². The third-order valence-electron chi connectivity index (χ3n) is 1.71. The first-order valence-corrected chi connectivity index (χ1v) is 3.94. The zero-order chi connectivity index (χ0) is 10.1. The van der Waals surface area contributed by atoms with Gasteiger partial charge < -0.3 is 14.6 Å². The van der Waals surface area contributed by atoms with E-state index in [1.165, 1.54) is 0 Å². The summed E-state index contributed by atoms with van der Waals surface area (Å²) in [6.07, 6.45) is 0. The Labute approximate surface area is 79.8 Å². The van der Waals surface area contributed by atoms with Gasteiger partial charge in [0.05, 0.1) is 0 Å². The zero-order valence-corrected chi connectivity index (χ0v) is 7.44. The molecule has 0 bridgehead atoms. The average molecular weight is 189 g/mol. The molecule has 0 aliphatic carbocycles. The predicted octanol–water partition coefficient (Wildman–Crippen LogP) is 1.70. The molecule has 0 fully saturated rings. The fourth-order valence-electron chi connectivity index (χ4n) is 1.07. The van der Waals surface area contributed by atoms with Crippen LogP contribution in [0.25, 0.3) is 11.7 Å². The van der Waals surface area contributed by atoms with Crippen molar-refractivity contribution < 1.29 is 8.83 Å². The minimum absolute atomic E-state index is 0.0107. The van der Waals surface area contributed by atoms with Gasteiger partial charge in [-0.25, -0.2) is 0 Å². The number of nitrogen functional groups attached to an aromatic ring is 1. The second-order valence-corrected chi connectivity index (χ2v) is 2.75. The molecule has 0 radical (unpaired) electrons. The molecule has 0 amide bonds. The molecule has 2 heterocycles. The standard InChI is InChI=1S/C9H7N3O2/c1-5-2-3-7(13-5)9-12-6(4-10)8(11)14-9/h2-3H,11H2,1H3. The van der Waals surface area contributed by atoms with Crippen molar-refractivity contribution in [3.8, 4) is 17.7 Å². The second kappa shape index (κ2) is 2.92. The molecule has 70 valence electrons. The van der Waals surface area contributed by atoms with Gasteiger partial charge in [0.25, 0.3) is 5.89 Å². The Balaban J connectivity index is 2.48. The van der Waals surface area contributed by atoms with E-state index in [0.29, 0.717) is 5.76 Å². The molecular formula is C9H7N3O2. The van der Waals surface area contributed by atoms with Crippen LogP contribution in [0, 0.1) is 18.3 Å². The summed E-state index contributed by atoms with van der Waals surface area (Å²) in [5.74, 6) is 1.45. The van der Waals surface area contributed by atoms with E-state index >= 15 is 0 Å². The maximum Gasteiger partial charge on any atom is 0.266 e. The molecule has 0 unspecified atom stereocenters. The molecule has 0 aliphatic heterocycles. The lowest BCUT2D eigenvalue weighted by molar-refractivity contribution is 0.507. The molecule has 0 spiro atoms. The van der Waals surface area contributed by atoms with Crippen LogP contribution in [0.4, 0.5) is 5.88 Å². The Morgan fingerprint density at radius 2 is 2.21 bits per heavy atom. The molecule has 0 aliphatic rings. The largest absolute Gasteiger partial charge is 0.456 e. The number of furan rings is 1. The predicted molar refractivity (Wildman–Crippen MR) is 48.1 cm³/mol. The van der Waals surface area contributed by atoms with Crippen LogP contribution < -0.4 is 5.73 Å². The first-order chi connectivity index (χ1) is 6.70. The fraction of sp³-hybridized carbons (Fsp3) is 0.111. The van der Waals surface area contributed by atoms with Crippen LogP contribution in [0.15, 0.2) is 21.0 Å². The maximum atomic E-state index is 8.60. The number of hydrogen-bond donors (Lipinski definition) is 1. The minimum Gasteiger partial charge on any atom is -0.456 e. The highest BCUT2D eigenvalue weighted by atomic mass is 16.4. The lowest BCUT2D eigenvalue weighted by Gasteiger charge is -1.86. The van der Waals surface area contributed by atoms with E-state index in [0.717, 1.165) is 5.76 Å². The van der Waals surface area contributed by atoms with Gasteiger partial charge in [0.15, 0.2) is 5.76 Å². The first kappa shape index (κ1) is 8.38. The summed E-state index contributed by atoms with van der Waals surface area (Å²) < 4.78 is 10.3. The van der Waals surface area contributed by atoms with E-state index in [4.69, 9.17) is 19.8 Å². The second-order valence-electron chi connectivity index (χ2n) is 2.75. The minimum atomic E-state index is 0.0107. The van der Waals surface area contributed by atoms with Crippen LogP contribution >= 0.6 is 0 Å². The highest BCUT2D eigenvalue weighted by Gasteiger charge is 2.13. The van der Waals surface area contributed by atoms with Crippen LogP contribution in [-0.4, -0.2) is 4.98 Å². The van der Waals surface area contributed by atoms with Gasteiger partial charge in [0.2, 0.25) is 11.6 Å². The lowest BCUT2D eigenvalue weighted by Crippen LogP contribution is -1.83. The Hall–Kier alpha value is -2.22. The number of hydrogen-bond acceptors (Lipinski definition) is 5. The van der Waals surface area contributed by atoms with Crippen molar-refractivity contribution in [1.82, 2.24) is 4.98 Å². The fourth-order valence-corrected chi connectivity index (χ4v) is 1.07. The van der Waals surface area contributed by atoms with Gasteiger partial charge in [-0.3, -0.25) is 0 Å². The summed E-state index contributed by atoms with van der Waals surface area (Å²) in [7, 11) is 0. The number of anilines is 1. The van der Waals surface area contributed by atoms with E-state index < -0.39 is 0 Å². The molecule has 2 N–H and O–H groups in total. The number of nitrogens with two attached hydrogens (primary N) is 1. The number of nitriles is 1. The van der Waals surface area contributed by atoms with E-state index in [1.54, 1.807) is 19.1 Å². The molecule has 0 aromatic carbocycles. The van der Waals surface area contributed by atoms with Crippen LogP contribution in [0.5, 0.6) is 0 Å². The van der Waals surface area contributed by atoms with E-state index in [-0.39, 0.29) is 17.5 Å². The summed E-state index contributed by atoms with van der Waals surface area (Å²) in [6, 6.07) is 5.31. The zero-order valence-electron chi connectivity index (χ0n) is 7.44. The van der Waals surface area contributed by atoms with Crippen molar-refractivity contribution in [1.29, 1.82) is 5.26 Å². The van der Waals surface area contributed by atoms with Gasteiger partial charge in [-0.15, -0.1) is 0 Å². The highest BCUT2D eigenvalue weighted by molar-refractivity contribution is 5.52. The summed E-state index contributed by atoms with van der Waals surface area (Å²) >= 11 is 0. The smallest absolute Gasteiger partial charge is 0.266 e. The van der Waals surface area contributed by atoms with Crippen molar-refractivity contribution in [3.63, 3.8) is 0 Å². The van der Waals surface area contributed by atoms with Crippen molar-refractivity contribution in [2.24, 2.45) is 0 Å². The summed E-state index contributed by atoms with van der Waals surface area (Å²) in [5, 5.41) is 8.60. The van der Waals surface area contributed by atoms with E-state index in [1.807, 2.05) is 6.07 Å². The van der Waals surface area contributed by atoms with Gasteiger partial charge in [0.1, 0.15) is 11.8 Å². The molecule has 2 aromatic heterocycles. The number of aryl methyl sites for hydroxylation is 1. The van der Waals surface area contributed by atoms with Gasteiger partial charge in [0, 0.05) is 0 Å². The van der Waals surface area contributed by atoms with Crippen molar-refractivity contribution >= 4 is 5.88 Å². The molecule has 2 aromatic rings. The summed E-state index contributed by atoms with van der Waals surface area (Å²) in [4.78, 5) is 3.87. The third kappa shape index (κ3) is 1.23. The Morgan fingerprint density at radius 1 is 1.43 bits per heavy atom. The molecule has 5 heteroatoms. The van der Waals surface area contributed by atoms with Crippen LogP contribution in [0.3, 0.4) is 0 Å². The number of rotatable bonds is 1. The summed E-state index contributed by atoms with van der Waals surface area (Å²) in [5.41, 5.74) is 5.48. The quantitative estimate of drug-likeness (QED) is 0.737. The molecule has 2 rings (SSSR count). The van der Waals surface area contributed by atoms with Gasteiger partial charge in [-0.1, -0.05) is 0 Å². The molecule has 0 atom stereocenters.